The highest BCUT2D eigenvalue weighted by Gasteiger charge is 2.30. The number of carbonyl (C=O) groups excluding carboxylic acids is 6. The molecule has 2 aliphatic heterocycles. The van der Waals surface area contributed by atoms with E-state index >= 15 is 0 Å². The van der Waals surface area contributed by atoms with Crippen LogP contribution in [0, 0.1) is 5.92 Å². The van der Waals surface area contributed by atoms with Crippen LogP contribution in [0.25, 0.3) is 88.1 Å². The number of H-pyrrole nitrogens is 4. The van der Waals surface area contributed by atoms with Crippen LogP contribution < -0.4 is 50.8 Å². The summed E-state index contributed by atoms with van der Waals surface area (Å²) in [4.78, 5) is 116. The van der Waals surface area contributed by atoms with Crippen LogP contribution in [-0.2, 0) is 56.7 Å². The molecule has 12 aromatic heterocycles. The zero-order chi connectivity index (χ0) is 99.3. The minimum Gasteiger partial charge on any atom is -0.331 e. The Morgan fingerprint density at radius 3 is 0.894 bits per heavy atom. The quantitative estimate of drug-likeness (QED) is 0.0213. The van der Waals surface area contributed by atoms with E-state index < -0.39 is 50.6 Å². The average Bonchev–Trinajstić information content (AvgIpc) is 1.67. The summed E-state index contributed by atoms with van der Waals surface area (Å²) in [5, 5.41) is 48.0. The Labute approximate surface area is 813 Å². The molecule has 43 heteroatoms. The first-order chi connectivity index (χ1) is 67.5. The number of piperidine rings is 1. The number of benzene rings is 4. The maximum absolute atomic E-state index is 13.0. The fourth-order valence-corrected chi connectivity index (χ4v) is 17.7. The van der Waals surface area contributed by atoms with Crippen LogP contribution in [0.3, 0.4) is 0 Å². The first kappa shape index (κ1) is 97.8. The van der Waals surface area contributed by atoms with E-state index in [0.717, 1.165) is 118 Å². The number of aromatic nitrogens is 16. The Hall–Kier alpha value is -16.2. The molecule has 0 bridgehead atoms. The van der Waals surface area contributed by atoms with Crippen molar-refractivity contribution in [3.63, 3.8) is 0 Å². The van der Waals surface area contributed by atoms with E-state index in [1.165, 1.54) is 97.9 Å². The highest BCUT2D eigenvalue weighted by molar-refractivity contribution is 8.01. The molecule has 4 unspecified atom stereocenters. The topological polar surface area (TPSA) is 519 Å². The standard InChI is InChI=1S/C26H29N7O2S.C25H27N7O2S.C24H23N7O3S.C23H24N8O3S/c1-36(2,35)32-24-9-7-21(16-28-24)29-26(34)25-22-13-19(6-8-23(22)30-31-25)20-12-18(14-27-15-20)17-33-10-4-3-5-11-33;1-35(2,34)31-23-8-6-20(15-27-23)28-25(33)24-21-12-18(5-7-22(21)29-30-24)19-11-17(13-26-14-19)16-32-9-3-4-10-32;1-35(2,34)31-21-8-6-17(13-26-21)27-24(33)22-19-10-15(5-7-20(19)29-30-22)16-9-18(12-25-11-16)28-23(32)14-3-4-14;1-31(2)23(33)27-17-9-15(11-24-12-17)14-5-7-19-18(10-14)21(29-28-19)22(32)26-16-6-8-20(25-13-16)30-35(3,4)34/h6-9,12-16H,1,3-5,10-11,17H2,2H3,(H,29,34)(H,30,31)(H,28,32,35);5-8,11-15H,1,3-4,9-10,16H2,2H3,(H,28,33)(H,29,30)(H,27,31,34);5-14H,1,3-4H2,2H3,(H,27,33)(H,28,32)(H,29,30)(H,26,31,34);5-13H,3H2,1-2,4H3,(H,26,32)(H,27,33)(H,28,29)(H,25,30,34). The van der Waals surface area contributed by atoms with Crippen molar-refractivity contribution in [3.05, 3.63) is 254 Å². The minimum absolute atomic E-state index is 0.0150. The van der Waals surface area contributed by atoms with Crippen molar-refractivity contribution in [1.82, 2.24) is 95.4 Å². The van der Waals surface area contributed by atoms with Crippen LogP contribution in [0.15, 0.2) is 220 Å². The molecule has 4 aromatic carbocycles. The maximum Gasteiger partial charge on any atom is 0.321 e. The third-order valence-corrected chi connectivity index (χ3v) is 24.8. The summed E-state index contributed by atoms with van der Waals surface area (Å²) in [6.45, 7) is 6.32. The van der Waals surface area contributed by atoms with Crippen molar-refractivity contribution in [2.45, 2.75) is 58.0 Å². The van der Waals surface area contributed by atoms with E-state index in [0.29, 0.717) is 90.6 Å². The van der Waals surface area contributed by atoms with Gasteiger partial charge in [-0.05, 0) is 243 Å². The molecule has 4 atom stereocenters. The lowest BCUT2D eigenvalue weighted by Gasteiger charge is -2.26. The second-order valence-corrected chi connectivity index (χ2v) is 43.7. The zero-order valence-electron chi connectivity index (χ0n) is 77.8. The first-order valence-corrected chi connectivity index (χ1v) is 53.0. The summed E-state index contributed by atoms with van der Waals surface area (Å²) in [6.07, 6.45) is 34.1. The van der Waals surface area contributed by atoms with E-state index in [-0.39, 0.29) is 41.1 Å². The third kappa shape index (κ3) is 26.8. The second-order valence-electron chi connectivity index (χ2n) is 34.8. The molecule has 19 rings (SSSR count). The second kappa shape index (κ2) is 42.8. The summed E-state index contributed by atoms with van der Waals surface area (Å²) in [6, 6.07) is 43.7. The smallest absolute Gasteiger partial charge is 0.321 e. The van der Waals surface area contributed by atoms with Crippen LogP contribution in [0.2, 0.25) is 0 Å². The van der Waals surface area contributed by atoms with Crippen molar-refractivity contribution in [1.29, 1.82) is 0 Å². The predicted octanol–water partition coefficient (Wildman–Crippen LogP) is 13.8. The number of nitrogens with zero attached hydrogens (tertiary/aromatic N) is 15. The van der Waals surface area contributed by atoms with Gasteiger partial charge in [0.05, 0.1) is 93.4 Å². The Morgan fingerprint density at radius 2 is 0.617 bits per heavy atom. The van der Waals surface area contributed by atoms with Gasteiger partial charge < -0.3 is 36.8 Å². The molecule has 2 saturated heterocycles. The van der Waals surface area contributed by atoms with Crippen molar-refractivity contribution in [2.24, 2.45) is 5.92 Å². The fraction of sp³-hybridized carbons (Fsp3) is 0.204. The van der Waals surface area contributed by atoms with Crippen LogP contribution in [-0.4, -0.2) is 237 Å². The van der Waals surface area contributed by atoms with Gasteiger partial charge >= 0.3 is 6.03 Å². The van der Waals surface area contributed by atoms with Gasteiger partial charge in [0, 0.05) is 178 Å². The van der Waals surface area contributed by atoms with Gasteiger partial charge in [0.2, 0.25) is 5.91 Å². The van der Waals surface area contributed by atoms with Gasteiger partial charge in [-0.15, -0.1) is 0 Å². The molecule has 14 N–H and O–H groups in total. The van der Waals surface area contributed by atoms with E-state index in [1.54, 1.807) is 93.5 Å². The number of anilines is 10. The molecule has 3 fully saturated rings. The van der Waals surface area contributed by atoms with Gasteiger partial charge in [-0.3, -0.25) is 93.0 Å². The lowest BCUT2D eigenvalue weighted by Crippen LogP contribution is -2.29. The molecule has 16 aromatic rings. The lowest BCUT2D eigenvalue weighted by molar-refractivity contribution is -0.117. The highest BCUT2D eigenvalue weighted by Crippen LogP contribution is 2.35. The summed E-state index contributed by atoms with van der Waals surface area (Å²) < 4.78 is 57.9. The number of fused-ring (bicyclic) bond motifs is 4. The SMILES string of the molecule is C=S(C)(=O)Nc1ccc(NC(=O)c2n[nH]c3ccc(-c4cncc(CN5CCCC5)c4)cc23)cn1.C=S(C)(=O)Nc1ccc(NC(=O)c2n[nH]c3ccc(-c4cncc(CN5CCCCC5)c4)cc23)cn1.C=S(C)(=O)Nc1ccc(NC(=O)c2n[nH]c3ccc(-c4cncc(NC(=O)C5CC5)c4)cc23)cn1.C=S(C)(=O)Nc1ccc(NC(=O)c2n[nH]c3ccc(-c4cncc(NC(=O)N(C)C)c4)cc23)cn1. The van der Waals surface area contributed by atoms with Crippen LogP contribution in [0.4, 0.5) is 62.2 Å². The number of urea groups is 1. The number of amides is 7. The molecule has 14 heterocycles. The molecule has 39 nitrogen and oxygen atoms in total. The number of hydrogen-bond donors (Lipinski definition) is 14. The van der Waals surface area contributed by atoms with E-state index in [1.807, 2.05) is 104 Å². The van der Waals surface area contributed by atoms with E-state index in [2.05, 4.69) is 177 Å². The molecule has 724 valence electrons. The molecule has 1 saturated carbocycles. The number of nitrogens with one attached hydrogen (secondary N) is 14. The van der Waals surface area contributed by atoms with Crippen molar-refractivity contribution in [3.8, 4) is 44.5 Å². The normalized spacial score (nSPS) is 14.7. The van der Waals surface area contributed by atoms with Crippen molar-refractivity contribution < 1.29 is 45.6 Å². The Balaban J connectivity index is 0.000000135. The summed E-state index contributed by atoms with van der Waals surface area (Å²) in [7, 11) is -6.46. The monoisotopic (exact) mass is 1970 g/mol. The van der Waals surface area contributed by atoms with Gasteiger partial charge in [-0.25, -0.2) is 41.6 Å². The van der Waals surface area contributed by atoms with Crippen molar-refractivity contribution in [2.75, 3.05) is 116 Å². The molecule has 1 aliphatic carbocycles. The number of rotatable bonds is 27. The summed E-state index contributed by atoms with van der Waals surface area (Å²) in [5.74, 6) is 14.3. The number of hydrogen-bond acceptors (Lipinski definition) is 24. The third-order valence-electron chi connectivity index (χ3n) is 22.2. The van der Waals surface area contributed by atoms with Gasteiger partial charge in [-0.1, -0.05) is 30.7 Å². The highest BCUT2D eigenvalue weighted by atomic mass is 32.2. The van der Waals surface area contributed by atoms with Gasteiger partial charge in [0.15, 0.2) is 22.8 Å². The molecule has 141 heavy (non-hydrogen) atoms. The van der Waals surface area contributed by atoms with Crippen LogP contribution in [0.5, 0.6) is 0 Å². The minimum atomic E-state index is -2.45. The van der Waals surface area contributed by atoms with Crippen molar-refractivity contribution >= 4 is 199 Å². The Kier molecular flexibility index (Phi) is 29.7. The van der Waals surface area contributed by atoms with Gasteiger partial charge in [0.1, 0.15) is 23.3 Å². The molecule has 0 radical (unpaired) electrons. The van der Waals surface area contributed by atoms with E-state index in [9.17, 15) is 45.6 Å². The van der Waals surface area contributed by atoms with Crippen LogP contribution >= 0.6 is 0 Å². The number of pyridine rings is 8. The molecular weight excluding hydrogens is 1870 g/mol. The van der Waals surface area contributed by atoms with Crippen LogP contribution in [0.1, 0.15) is 98.0 Å². The lowest BCUT2D eigenvalue weighted by atomic mass is 10.0. The number of carbonyl (C=O) groups is 6. The van der Waals surface area contributed by atoms with E-state index in [4.69, 9.17) is 0 Å². The number of likely N-dealkylation sites (tertiary alicyclic amines) is 2. The van der Waals surface area contributed by atoms with Gasteiger partial charge in [-0.2, -0.15) is 20.4 Å². The molecule has 7 amide bonds. The molecular formula is C98H103N29O10S4. The fourth-order valence-electron chi connectivity index (χ4n) is 15.4. The average molecular weight is 1980 g/mol. The molecule has 3 aliphatic rings. The summed E-state index contributed by atoms with van der Waals surface area (Å²) >= 11 is 0. The summed E-state index contributed by atoms with van der Waals surface area (Å²) in [5.41, 5.74) is 16.6. The Morgan fingerprint density at radius 1 is 0.333 bits per heavy atom. The maximum atomic E-state index is 13.0. The largest absolute Gasteiger partial charge is 0.331 e. The predicted molar refractivity (Wildman–Crippen MR) is 563 cm³/mol. The Bertz CT molecular complexity index is 7640. The van der Waals surface area contributed by atoms with Gasteiger partial charge in [0.25, 0.3) is 23.6 Å². The number of aromatic amines is 4. The first-order valence-electron chi connectivity index (χ1n) is 44.5. The zero-order valence-corrected chi connectivity index (χ0v) is 81.1. The molecule has 0 spiro atoms.